The zero-order valence-electron chi connectivity index (χ0n) is 18.9. The van der Waals surface area contributed by atoms with Crippen molar-refractivity contribution in [3.8, 4) is 16.9 Å². The summed E-state index contributed by atoms with van der Waals surface area (Å²) in [6.07, 6.45) is 1.94. The van der Waals surface area contributed by atoms with E-state index < -0.39 is 0 Å². The number of ether oxygens (including phenoxy) is 2. The van der Waals surface area contributed by atoms with Gasteiger partial charge in [-0.1, -0.05) is 30.3 Å². The number of morpholine rings is 1. The van der Waals surface area contributed by atoms with Crippen LogP contribution in [-0.2, 0) is 22.6 Å². The first-order valence-electron chi connectivity index (χ1n) is 10.9. The molecule has 3 aromatic rings. The number of hydrogen-bond donors (Lipinski definition) is 1. The van der Waals surface area contributed by atoms with Gasteiger partial charge < -0.3 is 19.7 Å². The predicted molar refractivity (Wildman–Crippen MR) is 125 cm³/mol. The van der Waals surface area contributed by atoms with Gasteiger partial charge in [0.15, 0.2) is 5.82 Å². The first kappa shape index (κ1) is 21.9. The minimum absolute atomic E-state index is 0.0727. The summed E-state index contributed by atoms with van der Waals surface area (Å²) in [5.41, 5.74) is 5.55. The van der Waals surface area contributed by atoms with E-state index in [1.165, 1.54) is 11.1 Å². The fraction of sp³-hybridized carbons (Fsp3) is 0.360. The van der Waals surface area contributed by atoms with E-state index in [0.717, 1.165) is 41.3 Å². The molecule has 1 saturated heterocycles. The number of amides is 1. The Balaban J connectivity index is 1.52. The van der Waals surface area contributed by atoms with E-state index in [9.17, 15) is 4.79 Å². The summed E-state index contributed by atoms with van der Waals surface area (Å²) in [6, 6.07) is 14.2. The van der Waals surface area contributed by atoms with Gasteiger partial charge >= 0.3 is 0 Å². The van der Waals surface area contributed by atoms with Crippen LogP contribution in [0.15, 0.2) is 48.7 Å². The molecule has 32 heavy (non-hydrogen) atoms. The first-order valence-corrected chi connectivity index (χ1v) is 10.9. The number of carbonyl (C=O) groups is 1. The first-order chi connectivity index (χ1) is 15.5. The molecule has 1 fully saturated rings. The molecular weight excluding hydrogens is 404 g/mol. The van der Waals surface area contributed by atoms with E-state index in [2.05, 4.69) is 36.2 Å². The van der Waals surface area contributed by atoms with Crippen molar-refractivity contribution in [3.05, 3.63) is 65.4 Å². The van der Waals surface area contributed by atoms with Crippen LogP contribution in [0.25, 0.3) is 11.1 Å². The molecule has 2 aromatic carbocycles. The molecule has 0 atom stereocenters. The van der Waals surface area contributed by atoms with Crippen LogP contribution in [0.2, 0.25) is 0 Å². The third-order valence-corrected chi connectivity index (χ3v) is 5.80. The van der Waals surface area contributed by atoms with Gasteiger partial charge in [-0.2, -0.15) is 5.10 Å². The Morgan fingerprint density at radius 1 is 1.12 bits per heavy atom. The number of hydrogen-bond acceptors (Lipinski definition) is 5. The van der Waals surface area contributed by atoms with E-state index in [4.69, 9.17) is 14.6 Å². The van der Waals surface area contributed by atoms with Crippen LogP contribution in [0.4, 0.5) is 5.82 Å². The molecular formula is C25H30N4O3. The molecule has 1 aliphatic heterocycles. The number of benzene rings is 2. The lowest BCUT2D eigenvalue weighted by Crippen LogP contribution is -2.37. The molecule has 4 rings (SSSR count). The summed E-state index contributed by atoms with van der Waals surface area (Å²) in [6.45, 7) is 7.70. The Morgan fingerprint density at radius 3 is 2.69 bits per heavy atom. The summed E-state index contributed by atoms with van der Waals surface area (Å²) in [5.74, 6) is 1.58. The lowest BCUT2D eigenvalue weighted by atomic mass is 10.1. The maximum absolute atomic E-state index is 12.6. The molecule has 0 aliphatic carbocycles. The summed E-state index contributed by atoms with van der Waals surface area (Å²) in [4.78, 5) is 14.9. The van der Waals surface area contributed by atoms with E-state index in [-0.39, 0.29) is 12.5 Å². The molecule has 0 spiro atoms. The van der Waals surface area contributed by atoms with Crippen molar-refractivity contribution in [1.82, 2.24) is 15.1 Å². The lowest BCUT2D eigenvalue weighted by molar-refractivity contribution is -0.122. The van der Waals surface area contributed by atoms with Crippen LogP contribution in [0.1, 0.15) is 16.7 Å². The highest BCUT2D eigenvalue weighted by Gasteiger charge is 2.21. The van der Waals surface area contributed by atoms with Gasteiger partial charge in [0, 0.05) is 31.4 Å². The molecule has 168 valence electrons. The van der Waals surface area contributed by atoms with E-state index in [1.807, 2.05) is 36.5 Å². The van der Waals surface area contributed by atoms with Crippen LogP contribution in [0.3, 0.4) is 0 Å². The molecule has 1 amide bonds. The normalized spacial score (nSPS) is 13.8. The molecule has 1 N–H and O–H groups in total. The Bertz CT molecular complexity index is 1090. The van der Waals surface area contributed by atoms with Crippen molar-refractivity contribution in [2.45, 2.75) is 26.9 Å². The smallest absolute Gasteiger partial charge is 0.241 e. The zero-order valence-corrected chi connectivity index (χ0v) is 18.9. The highest BCUT2D eigenvalue weighted by molar-refractivity contribution is 5.78. The third-order valence-electron chi connectivity index (χ3n) is 5.80. The largest absolute Gasteiger partial charge is 0.497 e. The van der Waals surface area contributed by atoms with Gasteiger partial charge in [-0.15, -0.1) is 0 Å². The molecule has 7 nitrogen and oxygen atoms in total. The average molecular weight is 435 g/mol. The number of anilines is 1. The maximum atomic E-state index is 12.6. The third kappa shape index (κ3) is 5.11. The fourth-order valence-electron chi connectivity index (χ4n) is 3.81. The molecule has 0 bridgehead atoms. The Hall–Kier alpha value is -3.32. The second-order valence-electron chi connectivity index (χ2n) is 8.09. The topological polar surface area (TPSA) is 68.6 Å². The average Bonchev–Trinajstić information content (AvgIpc) is 3.24. The lowest BCUT2D eigenvalue weighted by Gasteiger charge is -2.27. The van der Waals surface area contributed by atoms with Crippen LogP contribution in [0.5, 0.6) is 5.75 Å². The minimum Gasteiger partial charge on any atom is -0.497 e. The van der Waals surface area contributed by atoms with Gasteiger partial charge in [0.25, 0.3) is 0 Å². The van der Waals surface area contributed by atoms with Crippen molar-refractivity contribution >= 4 is 11.7 Å². The standard InChI is InChI=1S/C25H30N4O3/c1-18-7-8-20(13-19(18)2)15-26-24(30)17-29-16-23(21-5-4-6-22(14-21)31-3)25(27-29)28-9-11-32-12-10-28/h4-8,13-14,16H,9-12,15,17H2,1-3H3,(H,26,30). The summed E-state index contributed by atoms with van der Waals surface area (Å²) in [5, 5.41) is 7.78. The molecule has 0 unspecified atom stereocenters. The Kier molecular flexibility index (Phi) is 6.75. The minimum atomic E-state index is -0.0727. The van der Waals surface area contributed by atoms with Gasteiger partial charge in [0.2, 0.25) is 5.91 Å². The summed E-state index contributed by atoms with van der Waals surface area (Å²) >= 11 is 0. The van der Waals surface area contributed by atoms with Crippen molar-refractivity contribution in [3.63, 3.8) is 0 Å². The molecule has 1 aromatic heterocycles. The second-order valence-corrected chi connectivity index (χ2v) is 8.09. The monoisotopic (exact) mass is 434 g/mol. The van der Waals surface area contributed by atoms with Gasteiger partial charge in [0.1, 0.15) is 12.3 Å². The van der Waals surface area contributed by atoms with E-state index >= 15 is 0 Å². The number of nitrogens with one attached hydrogen (secondary N) is 1. The van der Waals surface area contributed by atoms with E-state index in [1.54, 1.807) is 11.8 Å². The SMILES string of the molecule is COc1cccc(-c2cn(CC(=O)NCc3ccc(C)c(C)c3)nc2N2CCOCC2)c1. The number of carbonyl (C=O) groups excluding carboxylic acids is 1. The van der Waals surface area contributed by atoms with E-state index in [0.29, 0.717) is 19.8 Å². The van der Waals surface area contributed by atoms with Crippen molar-refractivity contribution in [2.75, 3.05) is 38.3 Å². The summed E-state index contributed by atoms with van der Waals surface area (Å²) in [7, 11) is 1.66. The quantitative estimate of drug-likeness (QED) is 0.618. The summed E-state index contributed by atoms with van der Waals surface area (Å²) < 4.78 is 12.6. The molecule has 0 radical (unpaired) electrons. The highest BCUT2D eigenvalue weighted by atomic mass is 16.5. The number of methoxy groups -OCH3 is 1. The number of aromatic nitrogens is 2. The van der Waals surface area contributed by atoms with Crippen LogP contribution >= 0.6 is 0 Å². The molecule has 2 heterocycles. The van der Waals surface area contributed by atoms with Crippen molar-refractivity contribution in [2.24, 2.45) is 0 Å². The highest BCUT2D eigenvalue weighted by Crippen LogP contribution is 2.32. The molecule has 1 aliphatic rings. The number of rotatable bonds is 7. The van der Waals surface area contributed by atoms with Crippen LogP contribution in [-0.4, -0.2) is 49.1 Å². The van der Waals surface area contributed by atoms with Gasteiger partial charge in [-0.25, -0.2) is 0 Å². The van der Waals surface area contributed by atoms with Gasteiger partial charge in [0.05, 0.1) is 20.3 Å². The second kappa shape index (κ2) is 9.87. The zero-order chi connectivity index (χ0) is 22.5. The van der Waals surface area contributed by atoms with Crippen molar-refractivity contribution < 1.29 is 14.3 Å². The molecule has 7 heteroatoms. The van der Waals surface area contributed by atoms with Crippen molar-refractivity contribution in [1.29, 1.82) is 0 Å². The number of nitrogens with zero attached hydrogens (tertiary/aromatic N) is 3. The Labute approximate surface area is 188 Å². The predicted octanol–water partition coefficient (Wildman–Crippen LogP) is 3.33. The van der Waals surface area contributed by atoms with Gasteiger partial charge in [-0.05, 0) is 48.2 Å². The van der Waals surface area contributed by atoms with Gasteiger partial charge in [-0.3, -0.25) is 9.48 Å². The Morgan fingerprint density at radius 2 is 1.94 bits per heavy atom. The van der Waals surface area contributed by atoms with Crippen LogP contribution < -0.4 is 15.0 Å². The number of aryl methyl sites for hydroxylation is 2. The fourth-order valence-corrected chi connectivity index (χ4v) is 3.81. The van der Waals surface area contributed by atoms with Crippen LogP contribution in [0, 0.1) is 13.8 Å². The maximum Gasteiger partial charge on any atom is 0.241 e. The molecule has 0 saturated carbocycles.